The molecule has 2 N–H and O–H groups in total. The number of amides is 1. The second-order valence-electron chi connectivity index (χ2n) is 9.73. The number of benzene rings is 1. The van der Waals surface area contributed by atoms with Crippen LogP contribution in [0.4, 0.5) is 22.4 Å². The van der Waals surface area contributed by atoms with Crippen LogP contribution in [0.15, 0.2) is 24.3 Å². The van der Waals surface area contributed by atoms with E-state index in [2.05, 4.69) is 5.32 Å². The third-order valence-corrected chi connectivity index (χ3v) is 6.58. The number of alkyl halides is 3. The predicted octanol–water partition coefficient (Wildman–Crippen LogP) is 5.16. The second-order valence-corrected chi connectivity index (χ2v) is 9.73. The molecule has 1 saturated heterocycles. The minimum Gasteiger partial charge on any atom is -0.408 e. The third kappa shape index (κ3) is 5.84. The number of nitrogens with one attached hydrogen (secondary N) is 1. The number of rotatable bonds is 5. The van der Waals surface area contributed by atoms with Gasteiger partial charge in [0.05, 0.1) is 42.2 Å². The maximum atomic E-state index is 14.8. The SMILES string of the molecule is Cc1c(OC(=O)N[C@@H]2CCCC[C@H]2O)cc(-c2cc(C(F)(F)F)ccc2F)n1CC1COC(C)(C)O1. The average Bonchev–Trinajstić information content (AvgIpc) is 3.28. The summed E-state index contributed by atoms with van der Waals surface area (Å²) in [5, 5.41) is 12.8. The number of hydrogen-bond donors (Lipinski definition) is 2. The number of aromatic nitrogens is 1. The van der Waals surface area contributed by atoms with E-state index >= 15 is 0 Å². The van der Waals surface area contributed by atoms with Gasteiger partial charge in [-0.05, 0) is 51.8 Å². The van der Waals surface area contributed by atoms with Crippen LogP contribution in [0.5, 0.6) is 5.75 Å². The molecule has 2 aromatic rings. The van der Waals surface area contributed by atoms with Crippen LogP contribution in [0, 0.1) is 12.7 Å². The van der Waals surface area contributed by atoms with Crippen molar-refractivity contribution in [2.24, 2.45) is 0 Å². The van der Waals surface area contributed by atoms with Crippen LogP contribution in [0.1, 0.15) is 50.8 Å². The largest absolute Gasteiger partial charge is 0.416 e. The van der Waals surface area contributed by atoms with Gasteiger partial charge in [-0.25, -0.2) is 9.18 Å². The highest BCUT2D eigenvalue weighted by atomic mass is 19.4. The highest BCUT2D eigenvalue weighted by molar-refractivity contribution is 5.73. The summed E-state index contributed by atoms with van der Waals surface area (Å²) >= 11 is 0. The molecular formula is C25H30F4N2O5. The molecule has 7 nitrogen and oxygen atoms in total. The number of carbonyl (C=O) groups is 1. The van der Waals surface area contributed by atoms with Crippen molar-refractivity contribution in [3.8, 4) is 17.0 Å². The fourth-order valence-electron chi connectivity index (χ4n) is 4.70. The Kier molecular flexibility index (Phi) is 7.36. The first-order valence-electron chi connectivity index (χ1n) is 11.9. The molecule has 1 saturated carbocycles. The van der Waals surface area contributed by atoms with E-state index in [9.17, 15) is 27.5 Å². The molecule has 2 heterocycles. The molecule has 0 spiro atoms. The fourth-order valence-corrected chi connectivity index (χ4v) is 4.70. The topological polar surface area (TPSA) is 82.0 Å². The zero-order valence-electron chi connectivity index (χ0n) is 20.3. The second kappa shape index (κ2) is 10.0. The molecule has 4 rings (SSSR count). The molecule has 2 aliphatic rings. The van der Waals surface area contributed by atoms with E-state index in [0.717, 1.165) is 25.0 Å². The smallest absolute Gasteiger partial charge is 0.408 e. The molecule has 198 valence electrons. The molecule has 1 aromatic carbocycles. The van der Waals surface area contributed by atoms with E-state index < -0.39 is 47.7 Å². The Hall–Kier alpha value is -2.63. The average molecular weight is 515 g/mol. The molecule has 11 heteroatoms. The van der Waals surface area contributed by atoms with E-state index in [-0.39, 0.29) is 30.2 Å². The van der Waals surface area contributed by atoms with Gasteiger partial charge >= 0.3 is 12.3 Å². The molecule has 1 aromatic heterocycles. The standard InChI is InChI=1S/C25H30F4N2O5/c1-14-22(35-23(33)30-19-6-4-5-7-21(19)32)11-20(31(14)12-16-13-34-24(2,3)36-16)17-10-15(25(27,28)29)8-9-18(17)26/h8-11,16,19,21,32H,4-7,12-13H2,1-3H3,(H,30,33)/t16?,19-,21-/m1/s1. The number of carbonyl (C=O) groups excluding carboxylic acids is 1. The predicted molar refractivity (Wildman–Crippen MR) is 122 cm³/mol. The Bertz CT molecular complexity index is 1110. The highest BCUT2D eigenvalue weighted by Crippen LogP contribution is 2.38. The molecular weight excluding hydrogens is 484 g/mol. The summed E-state index contributed by atoms with van der Waals surface area (Å²) in [6, 6.07) is 3.06. The number of halogens is 4. The lowest BCUT2D eigenvalue weighted by atomic mass is 9.93. The molecule has 0 bridgehead atoms. The van der Waals surface area contributed by atoms with Crippen LogP contribution in [-0.2, 0) is 22.2 Å². The lowest BCUT2D eigenvalue weighted by Crippen LogP contribution is -2.46. The summed E-state index contributed by atoms with van der Waals surface area (Å²) in [5.74, 6) is -1.64. The molecule has 0 radical (unpaired) electrons. The van der Waals surface area contributed by atoms with Gasteiger partial charge in [-0.15, -0.1) is 0 Å². The number of ether oxygens (including phenoxy) is 3. The maximum absolute atomic E-state index is 14.8. The lowest BCUT2D eigenvalue weighted by molar-refractivity contribution is -0.139. The lowest BCUT2D eigenvalue weighted by Gasteiger charge is -2.27. The zero-order chi connectivity index (χ0) is 26.3. The number of aliphatic hydroxyl groups excluding tert-OH is 1. The summed E-state index contributed by atoms with van der Waals surface area (Å²) in [6.07, 6.45) is -3.72. The number of nitrogens with zero attached hydrogens (tertiary/aromatic N) is 1. The normalized spacial score (nSPS) is 24.1. The van der Waals surface area contributed by atoms with E-state index in [1.54, 1.807) is 25.3 Å². The summed E-state index contributed by atoms with van der Waals surface area (Å²) in [6.45, 7) is 5.45. The molecule has 1 unspecified atom stereocenters. The first-order valence-corrected chi connectivity index (χ1v) is 11.9. The van der Waals surface area contributed by atoms with Crippen LogP contribution in [0.25, 0.3) is 11.3 Å². The van der Waals surface area contributed by atoms with Gasteiger partial charge in [0, 0.05) is 11.6 Å². The molecule has 1 aliphatic heterocycles. The van der Waals surface area contributed by atoms with Crippen LogP contribution in [0.2, 0.25) is 0 Å². The van der Waals surface area contributed by atoms with Crippen LogP contribution < -0.4 is 10.1 Å². The van der Waals surface area contributed by atoms with E-state index in [1.165, 1.54) is 6.07 Å². The van der Waals surface area contributed by atoms with Crippen molar-refractivity contribution in [1.29, 1.82) is 0 Å². The van der Waals surface area contributed by atoms with Crippen molar-refractivity contribution in [2.75, 3.05) is 6.61 Å². The van der Waals surface area contributed by atoms with Crippen LogP contribution in [-0.4, -0.2) is 46.4 Å². The monoisotopic (exact) mass is 514 g/mol. The number of hydrogen-bond acceptors (Lipinski definition) is 5. The molecule has 2 fully saturated rings. The van der Waals surface area contributed by atoms with E-state index in [4.69, 9.17) is 14.2 Å². The van der Waals surface area contributed by atoms with Crippen molar-refractivity contribution < 1.29 is 41.7 Å². The Labute approximate surface area is 206 Å². The van der Waals surface area contributed by atoms with Crippen LogP contribution >= 0.6 is 0 Å². The Morgan fingerprint density at radius 2 is 1.97 bits per heavy atom. The van der Waals surface area contributed by atoms with Gasteiger partial charge in [0.25, 0.3) is 0 Å². The van der Waals surface area contributed by atoms with Gasteiger partial charge in [0.1, 0.15) is 11.9 Å². The first kappa shape index (κ1) is 26.4. The molecule has 1 aliphatic carbocycles. The summed E-state index contributed by atoms with van der Waals surface area (Å²) < 4.78 is 73.4. The van der Waals surface area contributed by atoms with Gasteiger partial charge in [0.15, 0.2) is 11.5 Å². The maximum Gasteiger partial charge on any atom is 0.416 e. The first-order chi connectivity index (χ1) is 16.8. The van der Waals surface area contributed by atoms with Crippen molar-refractivity contribution in [3.05, 3.63) is 41.3 Å². The third-order valence-electron chi connectivity index (χ3n) is 6.58. The van der Waals surface area contributed by atoms with Gasteiger partial charge < -0.3 is 29.2 Å². The van der Waals surface area contributed by atoms with Crippen LogP contribution in [0.3, 0.4) is 0 Å². The minimum atomic E-state index is -4.67. The van der Waals surface area contributed by atoms with Gasteiger partial charge in [-0.1, -0.05) is 12.8 Å². The highest BCUT2D eigenvalue weighted by Gasteiger charge is 2.35. The van der Waals surface area contributed by atoms with E-state index in [1.807, 2.05) is 0 Å². The van der Waals surface area contributed by atoms with Crippen molar-refractivity contribution in [1.82, 2.24) is 9.88 Å². The Morgan fingerprint density at radius 1 is 1.25 bits per heavy atom. The molecule has 3 atom stereocenters. The van der Waals surface area contributed by atoms with Gasteiger partial charge in [-0.3, -0.25) is 0 Å². The molecule has 36 heavy (non-hydrogen) atoms. The molecule has 1 amide bonds. The van der Waals surface area contributed by atoms with Crippen molar-refractivity contribution in [3.63, 3.8) is 0 Å². The summed E-state index contributed by atoms with van der Waals surface area (Å²) in [4.78, 5) is 12.6. The van der Waals surface area contributed by atoms with Gasteiger partial charge in [0.2, 0.25) is 0 Å². The van der Waals surface area contributed by atoms with E-state index in [0.29, 0.717) is 24.6 Å². The zero-order valence-corrected chi connectivity index (χ0v) is 20.3. The van der Waals surface area contributed by atoms with Crippen molar-refractivity contribution >= 4 is 6.09 Å². The van der Waals surface area contributed by atoms with Gasteiger partial charge in [-0.2, -0.15) is 13.2 Å². The Morgan fingerprint density at radius 3 is 2.61 bits per heavy atom. The summed E-state index contributed by atoms with van der Waals surface area (Å²) in [5.41, 5.74) is -0.791. The summed E-state index contributed by atoms with van der Waals surface area (Å²) in [7, 11) is 0. The minimum absolute atomic E-state index is 0.0581. The fraction of sp³-hybridized carbons (Fsp3) is 0.560. The number of aliphatic hydroxyl groups is 1. The van der Waals surface area contributed by atoms with Crippen molar-refractivity contribution in [2.45, 2.75) is 83.2 Å². The quantitative estimate of drug-likeness (QED) is 0.539. The Balaban J connectivity index is 1.67.